The van der Waals surface area contributed by atoms with E-state index in [1.165, 1.54) is 0 Å². The highest BCUT2D eigenvalue weighted by Crippen LogP contribution is 2.22. The molecule has 0 radical (unpaired) electrons. The van der Waals surface area contributed by atoms with Gasteiger partial charge in [-0.15, -0.1) is 0 Å². The molecule has 2 aromatic rings. The van der Waals surface area contributed by atoms with Crippen molar-refractivity contribution in [3.05, 3.63) is 52.3 Å². The van der Waals surface area contributed by atoms with Crippen molar-refractivity contribution in [3.63, 3.8) is 0 Å². The van der Waals surface area contributed by atoms with Gasteiger partial charge in [0.2, 0.25) is 0 Å². The van der Waals surface area contributed by atoms with Crippen LogP contribution < -0.4 is 16.0 Å². The Labute approximate surface area is 125 Å². The van der Waals surface area contributed by atoms with Crippen LogP contribution in [0.25, 0.3) is 11.3 Å². The summed E-state index contributed by atoms with van der Waals surface area (Å²) in [6, 6.07) is 11.6. The Hall–Kier alpha value is -2.07. The lowest BCUT2D eigenvalue weighted by atomic mass is 10.1. The first-order valence-corrected chi connectivity index (χ1v) is 7.26. The highest BCUT2D eigenvalue weighted by Gasteiger charge is 2.09. The van der Waals surface area contributed by atoms with Crippen molar-refractivity contribution in [2.24, 2.45) is 5.73 Å². The SMILES string of the molecule is CCn1c(-c2ccc(OC(C)C)cc2)ccc(CN)c1=O. The van der Waals surface area contributed by atoms with E-state index in [0.717, 1.165) is 17.0 Å². The van der Waals surface area contributed by atoms with Crippen molar-refractivity contribution in [2.45, 2.75) is 40.0 Å². The largest absolute Gasteiger partial charge is 0.491 e. The van der Waals surface area contributed by atoms with Crippen LogP contribution in [0.5, 0.6) is 5.75 Å². The molecule has 4 heteroatoms. The predicted octanol–water partition coefficient (Wildman–Crippen LogP) is 2.78. The van der Waals surface area contributed by atoms with Crippen molar-refractivity contribution in [2.75, 3.05) is 0 Å². The third-order valence-corrected chi connectivity index (χ3v) is 3.31. The fraction of sp³-hybridized carbons (Fsp3) is 0.353. The average molecular weight is 286 g/mol. The molecule has 21 heavy (non-hydrogen) atoms. The Morgan fingerprint density at radius 2 is 1.81 bits per heavy atom. The molecule has 0 unspecified atom stereocenters. The van der Waals surface area contributed by atoms with E-state index in [1.54, 1.807) is 4.57 Å². The average Bonchev–Trinajstić information content (AvgIpc) is 2.47. The molecule has 0 saturated heterocycles. The smallest absolute Gasteiger partial charge is 0.255 e. The van der Waals surface area contributed by atoms with Gasteiger partial charge in [0.05, 0.1) is 11.8 Å². The number of benzene rings is 1. The maximum atomic E-state index is 12.3. The van der Waals surface area contributed by atoms with Crippen LogP contribution in [0.2, 0.25) is 0 Å². The zero-order chi connectivity index (χ0) is 15.4. The van der Waals surface area contributed by atoms with Gasteiger partial charge >= 0.3 is 0 Å². The van der Waals surface area contributed by atoms with E-state index in [9.17, 15) is 4.79 Å². The van der Waals surface area contributed by atoms with Crippen LogP contribution in [0.15, 0.2) is 41.2 Å². The van der Waals surface area contributed by atoms with Gasteiger partial charge in [-0.2, -0.15) is 0 Å². The summed E-state index contributed by atoms with van der Waals surface area (Å²) in [7, 11) is 0. The molecule has 2 rings (SSSR count). The molecule has 0 saturated carbocycles. The third-order valence-electron chi connectivity index (χ3n) is 3.31. The van der Waals surface area contributed by atoms with E-state index in [2.05, 4.69) is 0 Å². The van der Waals surface area contributed by atoms with Crippen LogP contribution in [-0.4, -0.2) is 10.7 Å². The van der Waals surface area contributed by atoms with Crippen LogP contribution in [0.4, 0.5) is 0 Å². The van der Waals surface area contributed by atoms with Gasteiger partial charge in [0.15, 0.2) is 0 Å². The van der Waals surface area contributed by atoms with Gasteiger partial charge < -0.3 is 15.0 Å². The lowest BCUT2D eigenvalue weighted by Gasteiger charge is -2.14. The van der Waals surface area contributed by atoms with Gasteiger partial charge in [0.25, 0.3) is 5.56 Å². The topological polar surface area (TPSA) is 57.2 Å². The summed E-state index contributed by atoms with van der Waals surface area (Å²) >= 11 is 0. The summed E-state index contributed by atoms with van der Waals surface area (Å²) in [6.07, 6.45) is 0.147. The minimum Gasteiger partial charge on any atom is -0.491 e. The molecule has 1 aromatic carbocycles. The van der Waals surface area contributed by atoms with Crippen molar-refractivity contribution in [1.29, 1.82) is 0 Å². The van der Waals surface area contributed by atoms with Crippen LogP contribution in [0, 0.1) is 0 Å². The lowest BCUT2D eigenvalue weighted by Crippen LogP contribution is -2.25. The fourth-order valence-corrected chi connectivity index (χ4v) is 2.32. The van der Waals surface area contributed by atoms with Crippen molar-refractivity contribution in [1.82, 2.24) is 4.57 Å². The number of aromatic nitrogens is 1. The minimum atomic E-state index is -0.0139. The summed E-state index contributed by atoms with van der Waals surface area (Å²) < 4.78 is 7.39. The quantitative estimate of drug-likeness (QED) is 0.919. The van der Waals surface area contributed by atoms with Crippen LogP contribution in [-0.2, 0) is 13.1 Å². The summed E-state index contributed by atoms with van der Waals surface area (Å²) in [5.74, 6) is 0.831. The molecule has 0 aliphatic rings. The molecule has 4 nitrogen and oxygen atoms in total. The Balaban J connectivity index is 2.42. The van der Waals surface area contributed by atoms with Crippen molar-refractivity contribution < 1.29 is 4.74 Å². The molecular weight excluding hydrogens is 264 g/mol. The van der Waals surface area contributed by atoms with E-state index >= 15 is 0 Å². The molecule has 0 fully saturated rings. The molecule has 0 amide bonds. The number of nitrogens with two attached hydrogens (primary N) is 1. The standard InChI is InChI=1S/C17H22N2O2/c1-4-19-16(10-7-14(11-18)17(19)20)13-5-8-15(9-6-13)21-12(2)3/h5-10,12H,4,11,18H2,1-3H3. The lowest BCUT2D eigenvalue weighted by molar-refractivity contribution is 0.242. The normalized spacial score (nSPS) is 10.9. The first-order chi connectivity index (χ1) is 10.1. The fourth-order valence-electron chi connectivity index (χ4n) is 2.32. The third kappa shape index (κ3) is 3.34. The maximum absolute atomic E-state index is 12.3. The zero-order valence-electron chi connectivity index (χ0n) is 12.8. The minimum absolute atomic E-state index is 0.0139. The number of pyridine rings is 1. The molecule has 0 aliphatic carbocycles. The van der Waals surface area contributed by atoms with Gasteiger partial charge in [-0.25, -0.2) is 0 Å². The highest BCUT2D eigenvalue weighted by molar-refractivity contribution is 5.61. The second-order valence-electron chi connectivity index (χ2n) is 5.19. The molecule has 0 spiro atoms. The number of hydrogen-bond acceptors (Lipinski definition) is 3. The number of nitrogens with zero attached hydrogens (tertiary/aromatic N) is 1. The van der Waals surface area contributed by atoms with Crippen LogP contribution in [0.3, 0.4) is 0 Å². The zero-order valence-corrected chi connectivity index (χ0v) is 12.8. The molecule has 0 bridgehead atoms. The Morgan fingerprint density at radius 1 is 1.14 bits per heavy atom. The summed E-state index contributed by atoms with van der Waals surface area (Å²) in [6.45, 7) is 6.83. The Morgan fingerprint density at radius 3 is 2.33 bits per heavy atom. The van der Waals surface area contributed by atoms with E-state index in [0.29, 0.717) is 12.1 Å². The van der Waals surface area contributed by atoms with Gasteiger partial charge in [0, 0.05) is 18.7 Å². The van der Waals surface area contributed by atoms with Crippen LogP contribution in [0.1, 0.15) is 26.3 Å². The molecule has 0 aliphatic heterocycles. The maximum Gasteiger partial charge on any atom is 0.255 e. The summed E-state index contributed by atoms with van der Waals surface area (Å²) in [4.78, 5) is 12.3. The molecule has 2 N–H and O–H groups in total. The Kier molecular flexibility index (Phi) is 4.81. The molecular formula is C17H22N2O2. The Bertz CT molecular complexity index is 657. The van der Waals surface area contributed by atoms with Gasteiger partial charge in [-0.3, -0.25) is 4.79 Å². The van der Waals surface area contributed by atoms with E-state index < -0.39 is 0 Å². The summed E-state index contributed by atoms with van der Waals surface area (Å²) in [5.41, 5.74) is 8.12. The monoisotopic (exact) mass is 286 g/mol. The molecule has 0 atom stereocenters. The van der Waals surface area contributed by atoms with Gasteiger partial charge in [-0.1, -0.05) is 6.07 Å². The van der Waals surface area contributed by atoms with Crippen LogP contribution >= 0.6 is 0 Å². The van der Waals surface area contributed by atoms with E-state index in [1.807, 2.05) is 57.2 Å². The highest BCUT2D eigenvalue weighted by atomic mass is 16.5. The van der Waals surface area contributed by atoms with E-state index in [4.69, 9.17) is 10.5 Å². The first-order valence-electron chi connectivity index (χ1n) is 7.26. The predicted molar refractivity (Wildman–Crippen MR) is 85.5 cm³/mol. The molecule has 1 heterocycles. The van der Waals surface area contributed by atoms with Gasteiger partial charge in [-0.05, 0) is 56.7 Å². The van der Waals surface area contributed by atoms with Crippen molar-refractivity contribution >= 4 is 0 Å². The van der Waals surface area contributed by atoms with E-state index in [-0.39, 0.29) is 18.2 Å². The second-order valence-corrected chi connectivity index (χ2v) is 5.19. The number of ether oxygens (including phenoxy) is 1. The van der Waals surface area contributed by atoms with Crippen molar-refractivity contribution in [3.8, 4) is 17.0 Å². The number of hydrogen-bond donors (Lipinski definition) is 1. The molecule has 112 valence electrons. The van der Waals surface area contributed by atoms with Gasteiger partial charge in [0.1, 0.15) is 5.75 Å². The second kappa shape index (κ2) is 6.59. The first kappa shape index (κ1) is 15.3. The number of rotatable bonds is 5. The summed E-state index contributed by atoms with van der Waals surface area (Å²) in [5, 5.41) is 0. The molecule has 1 aromatic heterocycles.